The number of fused-ring (bicyclic) bond motifs is 11. The normalized spacial score (nSPS) is 11.6. The van der Waals surface area contributed by atoms with Crippen LogP contribution >= 0.6 is 0 Å². The molecule has 0 atom stereocenters. The first-order valence-electron chi connectivity index (χ1n) is 18.8. The molecule has 0 radical (unpaired) electrons. The van der Waals surface area contributed by atoms with Crippen LogP contribution in [0.15, 0.2) is 199 Å². The van der Waals surface area contributed by atoms with Crippen molar-refractivity contribution in [1.29, 1.82) is 0 Å². The summed E-state index contributed by atoms with van der Waals surface area (Å²) in [5.41, 5.74) is 7.60. The maximum atomic E-state index is 6.89. The van der Waals surface area contributed by atoms with Crippen molar-refractivity contribution >= 4 is 65.3 Å². The molecule has 0 unspecified atom stereocenters. The predicted molar refractivity (Wildman–Crippen MR) is 230 cm³/mol. The van der Waals surface area contributed by atoms with Crippen LogP contribution in [0, 0.1) is 0 Å². The van der Waals surface area contributed by atoms with E-state index in [1.54, 1.807) is 0 Å². The van der Waals surface area contributed by atoms with Crippen LogP contribution in [0.1, 0.15) is 0 Å². The largest absolute Gasteiger partial charge is 0.456 e. The lowest BCUT2D eigenvalue weighted by atomic mass is 9.99. The average molecular weight is 717 g/mol. The van der Waals surface area contributed by atoms with Crippen LogP contribution in [0.5, 0.6) is 0 Å². The van der Waals surface area contributed by atoms with E-state index in [1.807, 2.05) is 72.8 Å². The lowest BCUT2D eigenvalue weighted by molar-refractivity contribution is 0.663. The Hall–Kier alpha value is -7.63. The summed E-state index contributed by atoms with van der Waals surface area (Å²) < 4.78 is 9.28. The van der Waals surface area contributed by atoms with Crippen molar-refractivity contribution in [3.8, 4) is 39.9 Å². The summed E-state index contributed by atoms with van der Waals surface area (Å²) in [6, 6.07) is 67.4. The molecule has 0 saturated heterocycles. The second-order valence-electron chi connectivity index (χ2n) is 14.0. The number of aromatic nitrogens is 4. The van der Waals surface area contributed by atoms with Gasteiger partial charge >= 0.3 is 0 Å². The maximum absolute atomic E-state index is 6.89. The molecule has 0 aliphatic heterocycles. The fraction of sp³-hybridized carbons (Fsp3) is 0. The van der Waals surface area contributed by atoms with Crippen molar-refractivity contribution in [1.82, 2.24) is 19.5 Å². The Kier molecular flexibility index (Phi) is 7.42. The van der Waals surface area contributed by atoms with Crippen LogP contribution in [0.2, 0.25) is 0 Å². The third kappa shape index (κ3) is 5.21. The van der Waals surface area contributed by atoms with Gasteiger partial charge in [-0.05, 0) is 46.5 Å². The van der Waals surface area contributed by atoms with Crippen molar-refractivity contribution in [2.75, 3.05) is 0 Å². The third-order valence-corrected chi connectivity index (χ3v) is 10.7. The highest BCUT2D eigenvalue weighted by molar-refractivity contribution is 6.29. The van der Waals surface area contributed by atoms with Crippen LogP contribution in [0.4, 0.5) is 0 Å². The summed E-state index contributed by atoms with van der Waals surface area (Å²) in [4.78, 5) is 15.1. The van der Waals surface area contributed by atoms with Crippen molar-refractivity contribution in [2.45, 2.75) is 0 Å². The first kappa shape index (κ1) is 31.9. The SMILES string of the molecule is c1ccc(-c2nc(-c3ccccc3)nc(-c3cccc(-n4c5ccccc5c5ccc6c7ccccc7c7ccccc7oc7ccccc7c6c54)c3)n2)cc1. The number of benzene rings is 8. The molecule has 56 heavy (non-hydrogen) atoms. The topological polar surface area (TPSA) is 56.7 Å². The number of hydrogen-bond donors (Lipinski definition) is 0. The standard InChI is InChI=1S/C51H32N4O/c1-3-16-33(17-4-1)49-52-50(34-18-5-2-6-19-34)54-51(53-49)35-20-15-21-36(32-35)55-44-27-12-9-24-39(44)42-31-30-41-38-23-8-7-22-37(38)40-25-10-13-28-45(40)56-46-29-14-11-26-43(46)47(41)48(42)55/h1-32H. The molecular formula is C51H32N4O. The molecule has 5 nitrogen and oxygen atoms in total. The van der Waals surface area contributed by atoms with E-state index in [2.05, 4.69) is 126 Å². The van der Waals surface area contributed by atoms with Gasteiger partial charge in [0.25, 0.3) is 0 Å². The zero-order chi connectivity index (χ0) is 37.0. The molecule has 3 heterocycles. The molecule has 0 saturated carbocycles. The van der Waals surface area contributed by atoms with Gasteiger partial charge in [-0.3, -0.25) is 0 Å². The second kappa shape index (κ2) is 13.0. The van der Waals surface area contributed by atoms with Crippen molar-refractivity contribution in [3.63, 3.8) is 0 Å². The van der Waals surface area contributed by atoms with Gasteiger partial charge in [0.1, 0.15) is 11.2 Å². The van der Waals surface area contributed by atoms with Gasteiger partial charge in [-0.25, -0.2) is 15.0 Å². The van der Waals surface area contributed by atoms with E-state index < -0.39 is 0 Å². The molecule has 0 amide bonds. The van der Waals surface area contributed by atoms with Gasteiger partial charge in [0.15, 0.2) is 17.5 Å². The van der Waals surface area contributed by atoms with E-state index in [0.29, 0.717) is 17.5 Å². The van der Waals surface area contributed by atoms with E-state index in [1.165, 1.54) is 5.39 Å². The third-order valence-electron chi connectivity index (χ3n) is 10.7. The summed E-state index contributed by atoms with van der Waals surface area (Å²) in [6.45, 7) is 0. The smallest absolute Gasteiger partial charge is 0.164 e. The van der Waals surface area contributed by atoms with Crippen LogP contribution < -0.4 is 0 Å². The van der Waals surface area contributed by atoms with Crippen LogP contribution in [-0.4, -0.2) is 19.5 Å². The molecule has 0 fully saturated rings. The molecule has 0 spiro atoms. The van der Waals surface area contributed by atoms with Gasteiger partial charge in [-0.1, -0.05) is 164 Å². The minimum absolute atomic E-state index is 0.609. The lowest BCUT2D eigenvalue weighted by Gasteiger charge is -2.13. The van der Waals surface area contributed by atoms with Crippen molar-refractivity contribution < 1.29 is 4.42 Å². The van der Waals surface area contributed by atoms with Gasteiger partial charge in [-0.15, -0.1) is 0 Å². The molecule has 8 aromatic carbocycles. The molecule has 0 aliphatic rings. The van der Waals surface area contributed by atoms with Gasteiger partial charge in [0.2, 0.25) is 0 Å². The maximum Gasteiger partial charge on any atom is 0.164 e. The van der Waals surface area contributed by atoms with Crippen LogP contribution in [-0.2, 0) is 0 Å². The zero-order valence-electron chi connectivity index (χ0n) is 30.2. The van der Waals surface area contributed by atoms with Crippen LogP contribution in [0.3, 0.4) is 0 Å². The fourth-order valence-electron chi connectivity index (χ4n) is 8.16. The minimum Gasteiger partial charge on any atom is -0.456 e. The summed E-state index contributed by atoms with van der Waals surface area (Å²) in [5, 5.41) is 8.93. The first-order valence-corrected chi connectivity index (χ1v) is 18.8. The summed E-state index contributed by atoms with van der Waals surface area (Å²) in [5.74, 6) is 1.87. The second-order valence-corrected chi connectivity index (χ2v) is 14.0. The molecule has 11 rings (SSSR count). The predicted octanol–water partition coefficient (Wildman–Crippen LogP) is 13.3. The van der Waals surface area contributed by atoms with Gasteiger partial charge in [-0.2, -0.15) is 0 Å². The summed E-state index contributed by atoms with van der Waals surface area (Å²) in [7, 11) is 0. The van der Waals surface area contributed by atoms with Crippen molar-refractivity contribution in [2.24, 2.45) is 0 Å². The fourth-order valence-corrected chi connectivity index (χ4v) is 8.16. The van der Waals surface area contributed by atoms with Gasteiger partial charge in [0.05, 0.1) is 11.0 Å². The molecule has 262 valence electrons. The molecular weight excluding hydrogens is 685 g/mol. The highest BCUT2D eigenvalue weighted by Gasteiger charge is 2.19. The molecule has 0 bridgehead atoms. The molecule has 0 N–H and O–H groups in total. The van der Waals surface area contributed by atoms with E-state index >= 15 is 0 Å². The number of hydrogen-bond acceptors (Lipinski definition) is 4. The molecule has 11 aromatic rings. The van der Waals surface area contributed by atoms with Gasteiger partial charge in [0, 0.05) is 49.3 Å². The first-order chi connectivity index (χ1) is 27.8. The monoisotopic (exact) mass is 716 g/mol. The van der Waals surface area contributed by atoms with Crippen molar-refractivity contribution in [3.05, 3.63) is 194 Å². The highest BCUT2D eigenvalue weighted by atomic mass is 16.3. The highest BCUT2D eigenvalue weighted by Crippen LogP contribution is 2.41. The summed E-state index contributed by atoms with van der Waals surface area (Å²) in [6.07, 6.45) is 0. The Bertz CT molecular complexity index is 3310. The Labute approximate surface area is 322 Å². The van der Waals surface area contributed by atoms with E-state index in [0.717, 1.165) is 82.3 Å². The molecule has 3 aromatic heterocycles. The van der Waals surface area contributed by atoms with Crippen LogP contribution in [0.25, 0.3) is 105 Å². The molecule has 5 heteroatoms. The van der Waals surface area contributed by atoms with E-state index in [9.17, 15) is 0 Å². The number of rotatable bonds is 4. The average Bonchev–Trinajstić information content (AvgIpc) is 3.63. The number of nitrogens with zero attached hydrogens (tertiary/aromatic N) is 4. The Morgan fingerprint density at radius 3 is 1.50 bits per heavy atom. The van der Waals surface area contributed by atoms with E-state index in [4.69, 9.17) is 19.4 Å². The van der Waals surface area contributed by atoms with E-state index in [-0.39, 0.29) is 0 Å². The van der Waals surface area contributed by atoms with Gasteiger partial charge < -0.3 is 8.98 Å². The lowest BCUT2D eigenvalue weighted by Crippen LogP contribution is -2.01. The minimum atomic E-state index is 0.609. The Morgan fingerprint density at radius 1 is 0.339 bits per heavy atom. The quantitative estimate of drug-likeness (QED) is 0.182. The molecule has 0 aliphatic carbocycles. The number of para-hydroxylation sites is 3. The summed E-state index contributed by atoms with van der Waals surface area (Å²) >= 11 is 0. The Morgan fingerprint density at radius 2 is 0.821 bits per heavy atom. The Balaban J connectivity index is 1.26. The zero-order valence-corrected chi connectivity index (χ0v) is 30.2.